The van der Waals surface area contributed by atoms with E-state index in [0.717, 1.165) is 22.3 Å². The molecule has 1 heterocycles. The minimum absolute atomic E-state index is 0.0272. The zero-order chi connectivity index (χ0) is 25.1. The van der Waals surface area contributed by atoms with Gasteiger partial charge in [0.25, 0.3) is 5.91 Å². The van der Waals surface area contributed by atoms with Gasteiger partial charge in [0.15, 0.2) is 0 Å². The molecular formula is C27H30N2O5S. The van der Waals surface area contributed by atoms with Crippen molar-refractivity contribution in [2.75, 3.05) is 18.9 Å². The third-order valence-electron chi connectivity index (χ3n) is 6.46. The van der Waals surface area contributed by atoms with E-state index in [9.17, 15) is 19.5 Å². The number of carbonyl (C=O) groups is 3. The molecule has 1 aliphatic carbocycles. The van der Waals surface area contributed by atoms with Gasteiger partial charge >= 0.3 is 12.1 Å². The number of ether oxygens (including phenoxy) is 1. The summed E-state index contributed by atoms with van der Waals surface area (Å²) in [6.07, 6.45) is 1.03. The van der Waals surface area contributed by atoms with E-state index in [2.05, 4.69) is 29.6 Å². The molecule has 2 aliphatic rings. The highest BCUT2D eigenvalue weighted by molar-refractivity contribution is 8.00. The lowest BCUT2D eigenvalue weighted by Crippen LogP contribution is -2.47. The summed E-state index contributed by atoms with van der Waals surface area (Å²) >= 11 is 1.49. The molecule has 184 valence electrons. The van der Waals surface area contributed by atoms with E-state index in [1.54, 1.807) is 13.0 Å². The Morgan fingerprint density at radius 2 is 1.71 bits per heavy atom. The fourth-order valence-corrected chi connectivity index (χ4v) is 6.19. The van der Waals surface area contributed by atoms with Crippen LogP contribution in [0.5, 0.6) is 0 Å². The molecule has 7 nitrogen and oxygen atoms in total. The van der Waals surface area contributed by atoms with Crippen LogP contribution in [0.3, 0.4) is 0 Å². The van der Waals surface area contributed by atoms with Crippen LogP contribution in [-0.2, 0) is 14.3 Å². The maximum atomic E-state index is 13.0. The Morgan fingerprint density at radius 1 is 1.11 bits per heavy atom. The molecule has 1 fully saturated rings. The zero-order valence-electron chi connectivity index (χ0n) is 20.1. The Balaban J connectivity index is 1.34. The fraction of sp³-hybridized carbons (Fsp3) is 0.370. The maximum Gasteiger partial charge on any atom is 0.407 e. The third kappa shape index (κ3) is 5.07. The number of hydrogen-bond acceptors (Lipinski definition) is 5. The van der Waals surface area contributed by atoms with E-state index >= 15 is 0 Å². The van der Waals surface area contributed by atoms with E-state index in [1.807, 2.05) is 38.1 Å². The van der Waals surface area contributed by atoms with Crippen molar-refractivity contribution in [3.8, 4) is 11.1 Å². The number of carboxylic acid groups (broad SMARTS) is 1. The van der Waals surface area contributed by atoms with Gasteiger partial charge in [0, 0.05) is 23.8 Å². The first-order chi connectivity index (χ1) is 16.8. The van der Waals surface area contributed by atoms with Gasteiger partial charge in [-0.3, -0.25) is 4.79 Å². The third-order valence-corrected chi connectivity index (χ3v) is 8.08. The number of nitrogens with one attached hydrogen (secondary N) is 1. The quantitative estimate of drug-likeness (QED) is 0.551. The first-order valence-corrected chi connectivity index (χ1v) is 12.8. The number of carboxylic acids is 1. The lowest BCUT2D eigenvalue weighted by Gasteiger charge is -2.30. The van der Waals surface area contributed by atoms with Crippen LogP contribution < -0.4 is 5.32 Å². The van der Waals surface area contributed by atoms with Crippen molar-refractivity contribution in [2.24, 2.45) is 5.92 Å². The Morgan fingerprint density at radius 3 is 2.29 bits per heavy atom. The summed E-state index contributed by atoms with van der Waals surface area (Å²) < 4.78 is 5.52. The minimum Gasteiger partial charge on any atom is -0.480 e. The molecule has 1 aliphatic heterocycles. The van der Waals surface area contributed by atoms with Gasteiger partial charge in [-0.05, 0) is 35.1 Å². The van der Waals surface area contributed by atoms with Crippen LogP contribution in [0.2, 0.25) is 0 Å². The van der Waals surface area contributed by atoms with Crippen molar-refractivity contribution in [1.82, 2.24) is 10.2 Å². The van der Waals surface area contributed by atoms with Crippen LogP contribution in [0.4, 0.5) is 4.79 Å². The number of rotatable bonds is 7. The molecule has 2 atom stereocenters. The average Bonchev–Trinajstić information content (AvgIpc) is 3.42. The maximum absolute atomic E-state index is 13.0. The smallest absolute Gasteiger partial charge is 0.407 e. The number of nitrogens with zero attached hydrogens (tertiary/aromatic N) is 1. The molecule has 0 radical (unpaired) electrons. The second kappa shape index (κ2) is 10.6. The number of thioether (sulfide) groups is 1. The largest absolute Gasteiger partial charge is 0.480 e. The summed E-state index contributed by atoms with van der Waals surface area (Å²) in [6, 6.07) is 15.4. The minimum atomic E-state index is -1.00. The van der Waals surface area contributed by atoms with E-state index in [1.165, 1.54) is 16.7 Å². The number of fused-ring (bicyclic) bond motifs is 3. The first-order valence-electron chi connectivity index (χ1n) is 11.7. The highest BCUT2D eigenvalue weighted by atomic mass is 32.2. The van der Waals surface area contributed by atoms with E-state index < -0.39 is 18.1 Å². The van der Waals surface area contributed by atoms with Crippen molar-refractivity contribution < 1.29 is 24.2 Å². The van der Waals surface area contributed by atoms with E-state index in [4.69, 9.17) is 4.74 Å². The van der Waals surface area contributed by atoms with Crippen molar-refractivity contribution in [2.45, 2.75) is 38.1 Å². The molecule has 2 N–H and O–H groups in total. The van der Waals surface area contributed by atoms with E-state index in [0.29, 0.717) is 11.3 Å². The van der Waals surface area contributed by atoms with Crippen molar-refractivity contribution in [3.05, 3.63) is 71.3 Å². The standard InChI is InChI=1S/C27H30N2O5S/c1-16(2)25-29(23(15-35-25)26(31)32)24(30)17(3)12-13-28-27(33)34-14-22-20-10-6-4-8-18(20)19-9-5-7-11-21(19)22/h4-12,16,22-23,25H,13-15H2,1-3H3,(H,28,33)(H,31,32)/b17-12+. The van der Waals surface area contributed by atoms with Crippen LogP contribution in [0.25, 0.3) is 11.1 Å². The molecule has 0 saturated carbocycles. The molecule has 2 aromatic carbocycles. The molecule has 2 aromatic rings. The summed E-state index contributed by atoms with van der Waals surface area (Å²) in [5.74, 6) is -0.857. The Bertz CT molecular complexity index is 1120. The SMILES string of the molecule is C/C(=C\CNC(=O)OCC1c2ccccc2-c2ccccc21)C(=O)N1C(C(=O)O)CSC1C(C)C. The molecule has 2 amide bonds. The number of benzene rings is 2. The van der Waals surface area contributed by atoms with Crippen molar-refractivity contribution in [3.63, 3.8) is 0 Å². The zero-order valence-corrected chi connectivity index (χ0v) is 20.9. The normalized spacial score (nSPS) is 19.4. The number of carbonyl (C=O) groups excluding carboxylic acids is 2. The topological polar surface area (TPSA) is 95.9 Å². The second-order valence-corrected chi connectivity index (χ2v) is 10.3. The van der Waals surface area contributed by atoms with Gasteiger partial charge in [0.2, 0.25) is 0 Å². The second-order valence-electron chi connectivity index (χ2n) is 9.13. The van der Waals surface area contributed by atoms with E-state index in [-0.39, 0.29) is 36.3 Å². The lowest BCUT2D eigenvalue weighted by molar-refractivity contribution is -0.148. The molecule has 35 heavy (non-hydrogen) atoms. The Labute approximate surface area is 209 Å². The van der Waals surface area contributed by atoms with Crippen molar-refractivity contribution >= 4 is 29.7 Å². The molecule has 1 saturated heterocycles. The molecule has 0 spiro atoms. The summed E-state index contributed by atoms with van der Waals surface area (Å²) in [7, 11) is 0. The van der Waals surface area contributed by atoms with Gasteiger partial charge in [0.1, 0.15) is 12.6 Å². The monoisotopic (exact) mass is 494 g/mol. The van der Waals surface area contributed by atoms with Gasteiger partial charge in [-0.1, -0.05) is 68.5 Å². The molecule has 0 aromatic heterocycles. The number of amides is 2. The highest BCUT2D eigenvalue weighted by Crippen LogP contribution is 2.44. The molecule has 8 heteroatoms. The number of hydrogen-bond donors (Lipinski definition) is 2. The molecule has 0 bridgehead atoms. The van der Waals surface area contributed by atoms with Crippen LogP contribution in [0.1, 0.15) is 37.8 Å². The molecular weight excluding hydrogens is 464 g/mol. The molecule has 4 rings (SSSR count). The van der Waals surface area contributed by atoms with Gasteiger partial charge in [0.05, 0.1) is 5.37 Å². The Kier molecular flexibility index (Phi) is 7.50. The van der Waals surface area contributed by atoms with Crippen molar-refractivity contribution in [1.29, 1.82) is 0 Å². The Hall–Kier alpha value is -3.26. The fourth-order valence-electron chi connectivity index (χ4n) is 4.72. The lowest BCUT2D eigenvalue weighted by atomic mass is 9.98. The van der Waals surface area contributed by atoms with Gasteiger partial charge in [-0.2, -0.15) is 0 Å². The number of aliphatic carboxylic acids is 1. The average molecular weight is 495 g/mol. The van der Waals surface area contributed by atoms with Crippen LogP contribution in [0, 0.1) is 5.92 Å². The predicted octanol–water partition coefficient (Wildman–Crippen LogP) is 4.48. The number of alkyl carbamates (subject to hydrolysis) is 1. The molecule has 2 unspecified atom stereocenters. The van der Waals surface area contributed by atoms with Crippen LogP contribution in [-0.4, -0.2) is 58.3 Å². The van der Waals surface area contributed by atoms with Gasteiger partial charge < -0.3 is 20.1 Å². The summed E-state index contributed by atoms with van der Waals surface area (Å²) in [4.78, 5) is 38.5. The summed E-state index contributed by atoms with van der Waals surface area (Å²) in [6.45, 7) is 5.91. The van der Waals surface area contributed by atoms with Gasteiger partial charge in [-0.25, -0.2) is 9.59 Å². The summed E-state index contributed by atoms with van der Waals surface area (Å²) in [5.41, 5.74) is 4.99. The van der Waals surface area contributed by atoms with Crippen LogP contribution in [0.15, 0.2) is 60.2 Å². The summed E-state index contributed by atoms with van der Waals surface area (Å²) in [5, 5.41) is 12.0. The van der Waals surface area contributed by atoms with Crippen LogP contribution >= 0.6 is 11.8 Å². The first kappa shape index (κ1) is 24.9. The van der Waals surface area contributed by atoms with Gasteiger partial charge in [-0.15, -0.1) is 11.8 Å². The highest BCUT2D eigenvalue weighted by Gasteiger charge is 2.43. The predicted molar refractivity (Wildman–Crippen MR) is 136 cm³/mol.